The maximum absolute atomic E-state index is 12.1. The van der Waals surface area contributed by atoms with Crippen molar-refractivity contribution in [1.29, 1.82) is 0 Å². The second kappa shape index (κ2) is 9.23. The number of aromatic nitrogens is 1. The minimum atomic E-state index is -3.56. The Labute approximate surface area is 183 Å². The number of nitrogens with zero attached hydrogens (tertiary/aromatic N) is 2. The van der Waals surface area contributed by atoms with Gasteiger partial charge in [0, 0.05) is 23.0 Å². The zero-order valence-corrected chi connectivity index (χ0v) is 19.4. The summed E-state index contributed by atoms with van der Waals surface area (Å²) < 4.78 is 33.5. The number of ether oxygens (including phenoxy) is 1. The highest BCUT2D eigenvalue weighted by Gasteiger charge is 2.16. The molecule has 150 valence electrons. The van der Waals surface area contributed by atoms with Gasteiger partial charge in [0.25, 0.3) is 0 Å². The SMILES string of the molecule is Br.CNS(=O)(=O)c1ccc(Cl)c(-c2cs/c(=N/c3ccc(OC)cc3)n2C)c1. The van der Waals surface area contributed by atoms with Crippen molar-refractivity contribution in [3.8, 4) is 17.0 Å². The van der Waals surface area contributed by atoms with Crippen molar-refractivity contribution in [2.75, 3.05) is 14.2 Å². The van der Waals surface area contributed by atoms with Gasteiger partial charge < -0.3 is 9.30 Å². The molecule has 1 heterocycles. The molecule has 0 unspecified atom stereocenters. The molecule has 0 aliphatic rings. The van der Waals surface area contributed by atoms with Crippen molar-refractivity contribution in [2.24, 2.45) is 12.0 Å². The zero-order valence-electron chi connectivity index (χ0n) is 15.3. The van der Waals surface area contributed by atoms with Crippen LogP contribution in [-0.4, -0.2) is 27.1 Å². The Morgan fingerprint density at radius 2 is 1.86 bits per heavy atom. The van der Waals surface area contributed by atoms with E-state index in [1.165, 1.54) is 24.5 Å². The maximum atomic E-state index is 12.1. The first-order valence-electron chi connectivity index (χ1n) is 7.92. The first-order valence-corrected chi connectivity index (χ1v) is 10.7. The van der Waals surface area contributed by atoms with Crippen LogP contribution in [0.3, 0.4) is 0 Å². The lowest BCUT2D eigenvalue weighted by molar-refractivity contribution is 0.415. The van der Waals surface area contributed by atoms with Crippen LogP contribution in [0.4, 0.5) is 5.69 Å². The Balaban J connectivity index is 0.00000280. The summed E-state index contributed by atoms with van der Waals surface area (Å²) in [6, 6.07) is 12.0. The number of sulfonamides is 1. The van der Waals surface area contributed by atoms with E-state index in [1.807, 2.05) is 41.3 Å². The molecule has 10 heteroatoms. The normalized spacial score (nSPS) is 11.9. The third-order valence-electron chi connectivity index (χ3n) is 4.01. The van der Waals surface area contributed by atoms with Crippen LogP contribution in [0.2, 0.25) is 5.02 Å². The predicted molar refractivity (Wildman–Crippen MR) is 119 cm³/mol. The number of thiazole rings is 1. The summed E-state index contributed by atoms with van der Waals surface area (Å²) >= 11 is 7.78. The first-order chi connectivity index (χ1) is 12.9. The van der Waals surface area contributed by atoms with Gasteiger partial charge in [-0.25, -0.2) is 18.1 Å². The fourth-order valence-electron chi connectivity index (χ4n) is 2.47. The summed E-state index contributed by atoms with van der Waals surface area (Å²) in [4.78, 5) is 5.55. The third-order valence-corrected chi connectivity index (χ3v) is 6.67. The number of hydrogen-bond acceptors (Lipinski definition) is 5. The Hall–Kier alpha value is -1.65. The molecule has 0 spiro atoms. The van der Waals surface area contributed by atoms with Crippen molar-refractivity contribution in [3.63, 3.8) is 0 Å². The highest BCUT2D eigenvalue weighted by molar-refractivity contribution is 8.93. The van der Waals surface area contributed by atoms with Crippen molar-refractivity contribution >= 4 is 55.6 Å². The van der Waals surface area contributed by atoms with E-state index in [1.54, 1.807) is 19.2 Å². The van der Waals surface area contributed by atoms with Crippen LogP contribution in [0.1, 0.15) is 0 Å². The van der Waals surface area contributed by atoms with Crippen LogP contribution in [-0.2, 0) is 17.1 Å². The van der Waals surface area contributed by atoms with E-state index in [2.05, 4.69) is 9.71 Å². The molecule has 0 atom stereocenters. The van der Waals surface area contributed by atoms with E-state index in [9.17, 15) is 8.42 Å². The second-order valence-corrected chi connectivity index (χ2v) is 8.75. The van der Waals surface area contributed by atoms with Crippen LogP contribution >= 0.6 is 39.9 Å². The molecule has 0 saturated carbocycles. The number of benzene rings is 2. The Morgan fingerprint density at radius 1 is 1.18 bits per heavy atom. The van der Waals surface area contributed by atoms with Crippen molar-refractivity contribution in [2.45, 2.75) is 4.90 Å². The van der Waals surface area contributed by atoms with E-state index >= 15 is 0 Å². The number of rotatable bonds is 5. The average molecular weight is 505 g/mol. The molecule has 0 aliphatic heterocycles. The molecule has 0 radical (unpaired) electrons. The van der Waals surface area contributed by atoms with Gasteiger partial charge in [0.05, 0.1) is 23.4 Å². The number of hydrogen-bond donors (Lipinski definition) is 1. The fourth-order valence-corrected chi connectivity index (χ4v) is 4.36. The molecule has 1 aromatic heterocycles. The predicted octanol–water partition coefficient (Wildman–Crippen LogP) is 4.13. The van der Waals surface area contributed by atoms with Crippen LogP contribution in [0.5, 0.6) is 5.75 Å². The van der Waals surface area contributed by atoms with Crippen LogP contribution < -0.4 is 14.3 Å². The van der Waals surface area contributed by atoms with Crippen LogP contribution in [0.25, 0.3) is 11.3 Å². The summed E-state index contributed by atoms with van der Waals surface area (Å²) in [5, 5.41) is 2.37. The van der Waals surface area contributed by atoms with Crippen LogP contribution in [0, 0.1) is 0 Å². The lowest BCUT2D eigenvalue weighted by Gasteiger charge is -2.09. The molecule has 28 heavy (non-hydrogen) atoms. The van der Waals surface area contributed by atoms with E-state index in [0.717, 1.165) is 21.9 Å². The number of halogens is 2. The van der Waals surface area contributed by atoms with Gasteiger partial charge in [-0.3, -0.25) is 0 Å². The van der Waals surface area contributed by atoms with E-state index in [0.29, 0.717) is 10.6 Å². The van der Waals surface area contributed by atoms with Gasteiger partial charge in [0.15, 0.2) is 4.80 Å². The maximum Gasteiger partial charge on any atom is 0.240 e. The van der Waals surface area contributed by atoms with E-state index in [4.69, 9.17) is 16.3 Å². The van der Waals surface area contributed by atoms with E-state index < -0.39 is 10.0 Å². The van der Waals surface area contributed by atoms with E-state index in [-0.39, 0.29) is 21.9 Å². The minimum Gasteiger partial charge on any atom is -0.497 e. The minimum absolute atomic E-state index is 0. The largest absolute Gasteiger partial charge is 0.497 e. The van der Waals surface area contributed by atoms with Gasteiger partial charge in [0.2, 0.25) is 10.0 Å². The molecule has 3 rings (SSSR count). The molecule has 0 fully saturated rings. The molecule has 6 nitrogen and oxygen atoms in total. The van der Waals surface area contributed by atoms with Gasteiger partial charge in [-0.15, -0.1) is 28.3 Å². The standard InChI is InChI=1S/C18H18ClN3O3S2.BrH/c1-20-27(23,24)14-8-9-16(19)15(10-14)17-11-26-18(22(17)2)21-12-4-6-13(25-3)7-5-12;/h4-11,20H,1-3H3;1H/b21-18+;. The molecule has 3 aromatic rings. The summed E-state index contributed by atoms with van der Waals surface area (Å²) in [5.74, 6) is 0.763. The lowest BCUT2D eigenvalue weighted by atomic mass is 10.2. The second-order valence-electron chi connectivity index (χ2n) is 5.62. The molecule has 1 N–H and O–H groups in total. The Bertz CT molecular complexity index is 1140. The van der Waals surface area contributed by atoms with Crippen LogP contribution in [0.15, 0.2) is 57.7 Å². The van der Waals surface area contributed by atoms with Gasteiger partial charge in [-0.2, -0.15) is 0 Å². The van der Waals surface area contributed by atoms with Crippen molar-refractivity contribution in [1.82, 2.24) is 9.29 Å². The van der Waals surface area contributed by atoms with Gasteiger partial charge in [-0.05, 0) is 49.5 Å². The highest BCUT2D eigenvalue weighted by atomic mass is 79.9. The average Bonchev–Trinajstić information content (AvgIpc) is 3.03. The number of methoxy groups -OCH3 is 1. The van der Waals surface area contributed by atoms with Crippen molar-refractivity contribution in [3.05, 3.63) is 57.7 Å². The summed E-state index contributed by atoms with van der Waals surface area (Å²) in [7, 11) is 1.30. The quantitative estimate of drug-likeness (QED) is 0.568. The first kappa shape index (κ1) is 22.6. The molecule has 0 bridgehead atoms. The molecule has 0 saturated heterocycles. The molecular weight excluding hydrogens is 486 g/mol. The molecule has 2 aromatic carbocycles. The Morgan fingerprint density at radius 3 is 2.46 bits per heavy atom. The molecule has 0 amide bonds. The monoisotopic (exact) mass is 503 g/mol. The molecule has 0 aliphatic carbocycles. The topological polar surface area (TPSA) is 72.7 Å². The van der Waals surface area contributed by atoms with Gasteiger partial charge in [0.1, 0.15) is 5.75 Å². The molecular formula is C18H19BrClN3O3S2. The van der Waals surface area contributed by atoms with Gasteiger partial charge >= 0.3 is 0 Å². The van der Waals surface area contributed by atoms with Gasteiger partial charge in [-0.1, -0.05) is 11.6 Å². The lowest BCUT2D eigenvalue weighted by Crippen LogP contribution is -2.18. The van der Waals surface area contributed by atoms with Crippen molar-refractivity contribution < 1.29 is 13.2 Å². The zero-order chi connectivity index (χ0) is 19.6. The smallest absolute Gasteiger partial charge is 0.240 e. The highest BCUT2D eigenvalue weighted by Crippen LogP contribution is 2.30. The third kappa shape index (κ3) is 4.66. The number of nitrogens with one attached hydrogen (secondary N) is 1. The Kier molecular flexibility index (Phi) is 7.46. The summed E-state index contributed by atoms with van der Waals surface area (Å²) in [6.45, 7) is 0. The summed E-state index contributed by atoms with van der Waals surface area (Å²) in [6.07, 6.45) is 0. The summed E-state index contributed by atoms with van der Waals surface area (Å²) in [5.41, 5.74) is 2.20. The fraction of sp³-hybridized carbons (Fsp3) is 0.167.